The molecule has 3 aromatic rings. The van der Waals surface area contributed by atoms with Crippen molar-refractivity contribution in [3.8, 4) is 10.6 Å². The minimum atomic E-state index is -0.263. The number of halogens is 1. The molecule has 0 aliphatic carbocycles. The topological polar surface area (TPSA) is 54.9 Å². The van der Waals surface area contributed by atoms with Gasteiger partial charge in [-0.25, -0.2) is 9.37 Å². The molecule has 122 valence electrons. The molecule has 2 aromatic heterocycles. The number of rotatable bonds is 6. The summed E-state index contributed by atoms with van der Waals surface area (Å²) in [7, 11) is 0. The fourth-order valence-electron chi connectivity index (χ4n) is 2.18. The smallest absolute Gasteiger partial charge is 0.220 e. The summed E-state index contributed by atoms with van der Waals surface area (Å²) in [5, 5.41) is 5.64. The summed E-state index contributed by atoms with van der Waals surface area (Å²) in [5.74, 6) is -0.281. The molecule has 0 radical (unpaired) electrons. The summed E-state index contributed by atoms with van der Waals surface area (Å²) in [6, 6.07) is 10.0. The van der Waals surface area contributed by atoms with E-state index in [9.17, 15) is 9.18 Å². The zero-order valence-corrected chi connectivity index (χ0v) is 13.7. The SMILES string of the molecule is O=C(CCc1csc(-c2ccc(F)cc2)n1)NCc1cccnc1. The highest BCUT2D eigenvalue weighted by molar-refractivity contribution is 7.13. The van der Waals surface area contributed by atoms with Gasteiger partial charge in [-0.3, -0.25) is 9.78 Å². The van der Waals surface area contributed by atoms with Gasteiger partial charge in [-0.1, -0.05) is 6.07 Å². The molecule has 1 amide bonds. The lowest BCUT2D eigenvalue weighted by Gasteiger charge is -2.04. The van der Waals surface area contributed by atoms with Crippen LogP contribution in [0.3, 0.4) is 0 Å². The predicted molar refractivity (Wildman–Crippen MR) is 91.9 cm³/mol. The van der Waals surface area contributed by atoms with Crippen LogP contribution < -0.4 is 5.32 Å². The van der Waals surface area contributed by atoms with Crippen LogP contribution in [0.15, 0.2) is 54.2 Å². The Morgan fingerprint density at radius 3 is 2.79 bits per heavy atom. The van der Waals surface area contributed by atoms with Gasteiger partial charge in [0.25, 0.3) is 0 Å². The standard InChI is InChI=1S/C18H16FN3OS/c19-15-5-3-14(4-6-15)18-22-16(12-24-18)7-8-17(23)21-11-13-2-1-9-20-10-13/h1-6,9-10,12H,7-8,11H2,(H,21,23). The van der Waals surface area contributed by atoms with E-state index >= 15 is 0 Å². The van der Waals surface area contributed by atoms with Crippen LogP contribution >= 0.6 is 11.3 Å². The van der Waals surface area contributed by atoms with Crippen molar-refractivity contribution in [3.63, 3.8) is 0 Å². The van der Waals surface area contributed by atoms with Gasteiger partial charge in [-0.2, -0.15) is 0 Å². The number of hydrogen-bond donors (Lipinski definition) is 1. The van der Waals surface area contributed by atoms with E-state index in [0.29, 0.717) is 19.4 Å². The number of amides is 1. The van der Waals surface area contributed by atoms with E-state index in [2.05, 4.69) is 15.3 Å². The number of benzene rings is 1. The second-order valence-electron chi connectivity index (χ2n) is 5.29. The fraction of sp³-hybridized carbons (Fsp3) is 0.167. The molecule has 6 heteroatoms. The molecule has 1 aromatic carbocycles. The van der Waals surface area contributed by atoms with E-state index in [1.54, 1.807) is 24.5 Å². The number of nitrogens with one attached hydrogen (secondary N) is 1. The molecule has 0 bridgehead atoms. The number of thiazole rings is 1. The maximum Gasteiger partial charge on any atom is 0.220 e. The molecule has 0 unspecified atom stereocenters. The molecule has 0 aliphatic rings. The predicted octanol–water partition coefficient (Wildman–Crippen LogP) is 3.59. The van der Waals surface area contributed by atoms with Crippen molar-refractivity contribution in [2.75, 3.05) is 0 Å². The van der Waals surface area contributed by atoms with Crippen LogP contribution in [0.25, 0.3) is 10.6 Å². The van der Waals surface area contributed by atoms with E-state index in [1.807, 2.05) is 17.5 Å². The first-order chi connectivity index (χ1) is 11.7. The molecular formula is C18H16FN3OS. The van der Waals surface area contributed by atoms with Crippen molar-refractivity contribution in [3.05, 3.63) is 71.2 Å². The first-order valence-electron chi connectivity index (χ1n) is 7.56. The molecule has 0 spiro atoms. The lowest BCUT2D eigenvalue weighted by Crippen LogP contribution is -2.23. The Hall–Kier alpha value is -2.60. The van der Waals surface area contributed by atoms with Crippen LogP contribution in [0.4, 0.5) is 4.39 Å². The second kappa shape index (κ2) is 7.79. The molecule has 0 saturated heterocycles. The van der Waals surface area contributed by atoms with Crippen LogP contribution in [0.1, 0.15) is 17.7 Å². The van der Waals surface area contributed by atoms with Gasteiger partial charge >= 0.3 is 0 Å². The Bertz CT molecular complexity index is 803. The van der Waals surface area contributed by atoms with Gasteiger partial charge in [0.1, 0.15) is 10.8 Å². The molecule has 0 fully saturated rings. The Morgan fingerprint density at radius 1 is 1.21 bits per heavy atom. The Balaban J connectivity index is 1.50. The van der Waals surface area contributed by atoms with Crippen molar-refractivity contribution in [2.45, 2.75) is 19.4 Å². The molecule has 1 N–H and O–H groups in total. The van der Waals surface area contributed by atoms with Gasteiger partial charge in [-0.15, -0.1) is 11.3 Å². The lowest BCUT2D eigenvalue weighted by molar-refractivity contribution is -0.121. The molecule has 4 nitrogen and oxygen atoms in total. The maximum atomic E-state index is 12.9. The summed E-state index contributed by atoms with van der Waals surface area (Å²) >= 11 is 1.50. The van der Waals surface area contributed by atoms with Gasteiger partial charge in [0.05, 0.1) is 5.69 Å². The number of aromatic nitrogens is 2. The average molecular weight is 341 g/mol. The summed E-state index contributed by atoms with van der Waals surface area (Å²) in [4.78, 5) is 20.4. The van der Waals surface area contributed by atoms with Gasteiger partial charge in [0.15, 0.2) is 0 Å². The minimum absolute atomic E-state index is 0.0183. The number of aryl methyl sites for hydroxylation is 1. The maximum absolute atomic E-state index is 12.9. The highest BCUT2D eigenvalue weighted by Gasteiger charge is 2.08. The van der Waals surface area contributed by atoms with E-state index in [4.69, 9.17) is 0 Å². The normalized spacial score (nSPS) is 10.5. The Morgan fingerprint density at radius 2 is 2.04 bits per heavy atom. The summed E-state index contributed by atoms with van der Waals surface area (Å²) in [5.41, 5.74) is 2.72. The van der Waals surface area contributed by atoms with Crippen molar-refractivity contribution < 1.29 is 9.18 Å². The molecule has 0 aliphatic heterocycles. The van der Waals surface area contributed by atoms with Crippen LogP contribution in [-0.4, -0.2) is 15.9 Å². The largest absolute Gasteiger partial charge is 0.352 e. The van der Waals surface area contributed by atoms with E-state index in [0.717, 1.165) is 21.8 Å². The fourth-order valence-corrected chi connectivity index (χ4v) is 3.04. The molecule has 0 saturated carbocycles. The second-order valence-corrected chi connectivity index (χ2v) is 6.15. The molecule has 0 atom stereocenters. The number of nitrogens with zero attached hydrogens (tertiary/aromatic N) is 2. The quantitative estimate of drug-likeness (QED) is 0.745. The van der Waals surface area contributed by atoms with E-state index in [-0.39, 0.29) is 11.7 Å². The zero-order chi connectivity index (χ0) is 16.8. The van der Waals surface area contributed by atoms with Crippen LogP contribution in [0.2, 0.25) is 0 Å². The summed E-state index contributed by atoms with van der Waals surface area (Å²) in [6.45, 7) is 0.477. The average Bonchev–Trinajstić information content (AvgIpc) is 3.09. The van der Waals surface area contributed by atoms with E-state index in [1.165, 1.54) is 23.5 Å². The molecule has 2 heterocycles. The van der Waals surface area contributed by atoms with Crippen molar-refractivity contribution in [2.24, 2.45) is 0 Å². The van der Waals surface area contributed by atoms with Gasteiger partial charge in [0.2, 0.25) is 5.91 Å². The molecule has 3 rings (SSSR count). The van der Waals surface area contributed by atoms with Crippen LogP contribution in [0.5, 0.6) is 0 Å². The van der Waals surface area contributed by atoms with Crippen LogP contribution in [0, 0.1) is 5.82 Å². The van der Waals surface area contributed by atoms with Gasteiger partial charge < -0.3 is 5.32 Å². The van der Waals surface area contributed by atoms with Crippen molar-refractivity contribution >= 4 is 17.2 Å². The molecular weight excluding hydrogens is 325 g/mol. The first kappa shape index (κ1) is 16.3. The number of hydrogen-bond acceptors (Lipinski definition) is 4. The third-order valence-corrected chi connectivity index (χ3v) is 4.40. The number of carbonyl (C=O) groups is 1. The molecule has 24 heavy (non-hydrogen) atoms. The van der Waals surface area contributed by atoms with Crippen LogP contribution in [-0.2, 0) is 17.8 Å². The Labute approximate surface area is 143 Å². The monoisotopic (exact) mass is 341 g/mol. The highest BCUT2D eigenvalue weighted by atomic mass is 32.1. The number of pyridine rings is 1. The van der Waals surface area contributed by atoms with E-state index < -0.39 is 0 Å². The van der Waals surface area contributed by atoms with Gasteiger partial charge in [-0.05, 0) is 42.3 Å². The summed E-state index contributed by atoms with van der Waals surface area (Å²) in [6.07, 6.45) is 4.39. The third kappa shape index (κ3) is 4.45. The lowest BCUT2D eigenvalue weighted by atomic mass is 10.2. The third-order valence-electron chi connectivity index (χ3n) is 3.46. The number of carbonyl (C=O) groups excluding carboxylic acids is 1. The highest BCUT2D eigenvalue weighted by Crippen LogP contribution is 2.24. The summed E-state index contributed by atoms with van der Waals surface area (Å²) < 4.78 is 12.9. The Kier molecular flexibility index (Phi) is 5.28. The van der Waals surface area contributed by atoms with Gasteiger partial charge in [0, 0.05) is 36.3 Å². The zero-order valence-electron chi connectivity index (χ0n) is 12.9. The first-order valence-corrected chi connectivity index (χ1v) is 8.44. The van der Waals surface area contributed by atoms with Crippen molar-refractivity contribution in [1.82, 2.24) is 15.3 Å². The van der Waals surface area contributed by atoms with Crippen molar-refractivity contribution in [1.29, 1.82) is 0 Å². The minimum Gasteiger partial charge on any atom is -0.352 e.